The van der Waals surface area contributed by atoms with Gasteiger partial charge in [-0.1, -0.05) is 24.3 Å². The summed E-state index contributed by atoms with van der Waals surface area (Å²) in [5.74, 6) is -0.0783. The number of thiophene rings is 2. The maximum atomic E-state index is 13.3. The summed E-state index contributed by atoms with van der Waals surface area (Å²) >= 11 is 3.25. The van der Waals surface area contributed by atoms with Crippen LogP contribution in [0.4, 0.5) is 0 Å². The molecule has 10 heteroatoms. The van der Waals surface area contributed by atoms with E-state index in [0.717, 1.165) is 21.0 Å². The summed E-state index contributed by atoms with van der Waals surface area (Å²) in [7, 11) is -1.86. The summed E-state index contributed by atoms with van der Waals surface area (Å²) in [6.07, 6.45) is 0.695. The zero-order chi connectivity index (χ0) is 22.9. The molecule has 32 heavy (non-hydrogen) atoms. The average Bonchev–Trinajstić information content (AvgIpc) is 3.53. The number of carbonyl (C=O) groups excluding carboxylic acids is 1. The molecule has 0 saturated carbocycles. The molecule has 168 valence electrons. The van der Waals surface area contributed by atoms with Crippen LogP contribution in [-0.4, -0.2) is 43.5 Å². The number of nitrogens with two attached hydrogens (primary N) is 1. The second kappa shape index (κ2) is 9.24. The Labute approximate surface area is 195 Å². The second-order valence-corrected chi connectivity index (χ2v) is 11.2. The first-order chi connectivity index (χ1) is 15.2. The number of rotatable bonds is 7. The van der Waals surface area contributed by atoms with Gasteiger partial charge in [0.25, 0.3) is 5.91 Å². The molecule has 0 bridgehead atoms. The fourth-order valence-corrected chi connectivity index (χ4v) is 5.70. The van der Waals surface area contributed by atoms with E-state index >= 15 is 0 Å². The van der Waals surface area contributed by atoms with Crippen molar-refractivity contribution >= 4 is 44.3 Å². The molecule has 0 saturated heterocycles. The number of nitrogens with zero attached hydrogens (tertiary/aromatic N) is 3. The lowest BCUT2D eigenvalue weighted by molar-refractivity contribution is -0.134. The minimum absolute atomic E-state index is 0.0680. The molecule has 3 aromatic rings. The van der Waals surface area contributed by atoms with E-state index in [-0.39, 0.29) is 29.4 Å². The fourth-order valence-electron chi connectivity index (χ4n) is 3.65. The van der Waals surface area contributed by atoms with Gasteiger partial charge < -0.3 is 0 Å². The van der Waals surface area contributed by atoms with E-state index in [4.69, 9.17) is 10.2 Å². The van der Waals surface area contributed by atoms with Gasteiger partial charge in [-0.05, 0) is 54.6 Å². The van der Waals surface area contributed by atoms with Crippen LogP contribution in [0.3, 0.4) is 0 Å². The molecule has 0 spiro atoms. The molecule has 0 aliphatic carbocycles. The zero-order valence-corrected chi connectivity index (χ0v) is 20.2. The van der Waals surface area contributed by atoms with Gasteiger partial charge in [-0.2, -0.15) is 5.10 Å². The zero-order valence-electron chi connectivity index (χ0n) is 17.7. The van der Waals surface area contributed by atoms with E-state index in [1.165, 1.54) is 12.1 Å². The van der Waals surface area contributed by atoms with E-state index in [2.05, 4.69) is 0 Å². The summed E-state index contributed by atoms with van der Waals surface area (Å²) in [5.41, 5.74) is 1.83. The van der Waals surface area contributed by atoms with Crippen LogP contribution in [0.2, 0.25) is 0 Å². The number of benzene rings is 1. The second-order valence-electron chi connectivity index (χ2n) is 7.70. The van der Waals surface area contributed by atoms with Gasteiger partial charge in [0, 0.05) is 17.3 Å². The molecule has 1 amide bonds. The van der Waals surface area contributed by atoms with Gasteiger partial charge in [0.05, 0.1) is 28.1 Å². The van der Waals surface area contributed by atoms with Gasteiger partial charge in [-0.3, -0.25) is 9.69 Å². The molecule has 2 atom stereocenters. The Morgan fingerprint density at radius 2 is 1.88 bits per heavy atom. The van der Waals surface area contributed by atoms with Crippen molar-refractivity contribution in [3.8, 4) is 0 Å². The quantitative estimate of drug-likeness (QED) is 0.547. The topological polar surface area (TPSA) is 96.1 Å². The van der Waals surface area contributed by atoms with Gasteiger partial charge in [-0.25, -0.2) is 18.6 Å². The Morgan fingerprint density at radius 3 is 2.47 bits per heavy atom. The molecule has 3 heterocycles. The smallest absolute Gasteiger partial charge is 0.257 e. The van der Waals surface area contributed by atoms with Gasteiger partial charge in [0.2, 0.25) is 10.0 Å². The summed E-state index contributed by atoms with van der Waals surface area (Å²) in [6.45, 7) is 2.15. The van der Waals surface area contributed by atoms with Crippen LogP contribution in [-0.2, 0) is 14.8 Å². The molecule has 1 aliphatic rings. The van der Waals surface area contributed by atoms with E-state index < -0.39 is 10.0 Å². The number of hydrogen-bond donors (Lipinski definition) is 1. The number of primary sulfonamides is 1. The Kier molecular flexibility index (Phi) is 6.59. The van der Waals surface area contributed by atoms with Crippen molar-refractivity contribution in [2.75, 3.05) is 13.6 Å². The first-order valence-electron chi connectivity index (χ1n) is 10.0. The van der Waals surface area contributed by atoms with Crippen molar-refractivity contribution in [2.24, 2.45) is 10.2 Å². The highest BCUT2D eigenvalue weighted by molar-refractivity contribution is 7.89. The molecule has 0 radical (unpaired) electrons. The molecular weight excluding hydrogens is 464 g/mol. The highest BCUT2D eigenvalue weighted by atomic mass is 32.2. The van der Waals surface area contributed by atoms with E-state index in [1.54, 1.807) is 39.8 Å². The average molecular weight is 489 g/mol. The van der Waals surface area contributed by atoms with Crippen LogP contribution >= 0.6 is 22.7 Å². The molecule has 0 fully saturated rings. The summed E-state index contributed by atoms with van der Waals surface area (Å²) in [5, 5.41) is 15.5. The standard InChI is InChI=1S/C22H24N4O3S3/c1-15(16-7-9-17(10-8-16)32(23,28)29)25(2)14-22(27)26-19(21-6-4-12-31-21)13-18(24-26)20-5-3-11-30-20/h3-12,15,19H,13-14H2,1-2H3,(H2,23,28,29)/t15-,19+/m0/s1. The number of likely N-dealkylation sites (N-methyl/N-ethyl adjacent to an activating group) is 1. The minimum Gasteiger partial charge on any atom is -0.291 e. The van der Waals surface area contributed by atoms with Crippen molar-refractivity contribution in [3.05, 3.63) is 74.6 Å². The largest absolute Gasteiger partial charge is 0.291 e. The van der Waals surface area contributed by atoms with Gasteiger partial charge >= 0.3 is 0 Å². The lowest BCUT2D eigenvalue weighted by Crippen LogP contribution is -2.37. The third-order valence-corrected chi connectivity index (χ3v) is 8.40. The molecule has 2 aromatic heterocycles. The van der Waals surface area contributed by atoms with Crippen LogP contribution in [0, 0.1) is 0 Å². The third kappa shape index (κ3) is 4.84. The van der Waals surface area contributed by atoms with Crippen molar-refractivity contribution in [2.45, 2.75) is 30.3 Å². The fraction of sp³-hybridized carbons (Fsp3) is 0.273. The summed E-state index contributed by atoms with van der Waals surface area (Å²) in [4.78, 5) is 17.5. The van der Waals surface area contributed by atoms with Crippen LogP contribution in [0.25, 0.3) is 0 Å². The molecule has 0 unspecified atom stereocenters. The molecular formula is C22H24N4O3S3. The number of sulfonamides is 1. The van der Waals surface area contributed by atoms with Crippen molar-refractivity contribution in [3.63, 3.8) is 0 Å². The maximum absolute atomic E-state index is 13.3. The van der Waals surface area contributed by atoms with Crippen molar-refractivity contribution in [1.29, 1.82) is 0 Å². The first-order valence-corrected chi connectivity index (χ1v) is 13.3. The number of hydrazone groups is 1. The van der Waals surface area contributed by atoms with E-state index in [1.807, 2.05) is 53.9 Å². The highest BCUT2D eigenvalue weighted by Crippen LogP contribution is 2.36. The molecule has 4 rings (SSSR count). The van der Waals surface area contributed by atoms with Crippen LogP contribution in [0.15, 0.2) is 69.3 Å². The highest BCUT2D eigenvalue weighted by Gasteiger charge is 2.34. The normalized spacial score (nSPS) is 17.6. The predicted molar refractivity (Wildman–Crippen MR) is 128 cm³/mol. The molecule has 7 nitrogen and oxygen atoms in total. The van der Waals surface area contributed by atoms with Gasteiger partial charge in [0.1, 0.15) is 0 Å². The lowest BCUT2D eigenvalue weighted by Gasteiger charge is -2.28. The minimum atomic E-state index is -3.73. The predicted octanol–water partition coefficient (Wildman–Crippen LogP) is 3.83. The third-order valence-electron chi connectivity index (χ3n) is 5.58. The van der Waals surface area contributed by atoms with Gasteiger partial charge in [0.15, 0.2) is 0 Å². The number of carbonyl (C=O) groups is 1. The monoisotopic (exact) mass is 488 g/mol. The summed E-state index contributed by atoms with van der Waals surface area (Å²) < 4.78 is 23.0. The molecule has 1 aliphatic heterocycles. The Balaban J connectivity index is 1.50. The first kappa shape index (κ1) is 22.8. The Morgan fingerprint density at radius 1 is 1.19 bits per heavy atom. The molecule has 2 N–H and O–H groups in total. The number of hydrogen-bond acceptors (Lipinski definition) is 7. The summed E-state index contributed by atoms with van der Waals surface area (Å²) in [6, 6.07) is 14.3. The SMILES string of the molecule is C[C@@H](c1ccc(S(N)(=O)=O)cc1)N(C)CC(=O)N1N=C(c2cccs2)C[C@@H]1c1cccs1. The van der Waals surface area contributed by atoms with E-state index in [0.29, 0.717) is 6.42 Å². The van der Waals surface area contributed by atoms with Crippen LogP contribution < -0.4 is 5.14 Å². The van der Waals surface area contributed by atoms with Crippen LogP contribution in [0.5, 0.6) is 0 Å². The van der Waals surface area contributed by atoms with Crippen LogP contribution in [0.1, 0.15) is 40.7 Å². The Bertz CT molecular complexity index is 1200. The number of amides is 1. The Hall–Kier alpha value is -2.37. The maximum Gasteiger partial charge on any atom is 0.257 e. The lowest BCUT2D eigenvalue weighted by atomic mass is 10.1. The van der Waals surface area contributed by atoms with Gasteiger partial charge in [-0.15, -0.1) is 22.7 Å². The van der Waals surface area contributed by atoms with E-state index in [9.17, 15) is 13.2 Å². The molecule has 1 aromatic carbocycles. The van der Waals surface area contributed by atoms with Crippen molar-refractivity contribution < 1.29 is 13.2 Å². The van der Waals surface area contributed by atoms with Crippen molar-refractivity contribution in [1.82, 2.24) is 9.91 Å².